The van der Waals surface area contributed by atoms with Crippen LogP contribution in [0.1, 0.15) is 16.7 Å². The molecule has 2 aromatic carbocycles. The second kappa shape index (κ2) is 6.52. The number of aromatic nitrogens is 1. The highest BCUT2D eigenvalue weighted by molar-refractivity contribution is 9.10. The minimum absolute atomic E-state index is 0.0316. The van der Waals surface area contributed by atoms with Crippen molar-refractivity contribution in [1.29, 1.82) is 0 Å². The Morgan fingerprint density at radius 1 is 1.22 bits per heavy atom. The topological polar surface area (TPSA) is 112 Å². The highest BCUT2D eigenvalue weighted by atomic mass is 79.9. The molecule has 1 aliphatic rings. The molecule has 0 bridgehead atoms. The summed E-state index contributed by atoms with van der Waals surface area (Å²) in [6, 6.07) is 13.5. The van der Waals surface area contributed by atoms with Gasteiger partial charge in [-0.25, -0.2) is 4.98 Å². The Morgan fingerprint density at radius 3 is 2.48 bits per heavy atom. The summed E-state index contributed by atoms with van der Waals surface area (Å²) in [6.45, 7) is 0. The van der Waals surface area contributed by atoms with E-state index in [4.69, 9.17) is 10.5 Å². The van der Waals surface area contributed by atoms with Crippen molar-refractivity contribution in [3.05, 3.63) is 79.1 Å². The molecule has 1 fully saturated rings. The molecular weight excluding hydrogens is 434 g/mol. The van der Waals surface area contributed by atoms with Gasteiger partial charge in [0.05, 0.1) is 10.6 Å². The van der Waals surface area contributed by atoms with E-state index in [9.17, 15) is 14.9 Å². The van der Waals surface area contributed by atoms with Gasteiger partial charge in [-0.3, -0.25) is 14.9 Å². The summed E-state index contributed by atoms with van der Waals surface area (Å²) in [4.78, 5) is 27.1. The first kappa shape index (κ1) is 17.8. The van der Waals surface area contributed by atoms with Gasteiger partial charge in [-0.15, -0.1) is 11.3 Å². The zero-order valence-electron chi connectivity index (χ0n) is 13.7. The first-order valence-electron chi connectivity index (χ1n) is 7.86. The van der Waals surface area contributed by atoms with E-state index in [1.54, 1.807) is 12.1 Å². The van der Waals surface area contributed by atoms with E-state index in [1.165, 1.54) is 23.5 Å². The molecule has 0 saturated carbocycles. The fourth-order valence-electron chi connectivity index (χ4n) is 2.88. The average molecular weight is 446 g/mol. The molecule has 3 aromatic rings. The number of non-ortho nitro benzene ring substituents is 1. The van der Waals surface area contributed by atoms with Crippen LogP contribution < -0.4 is 5.73 Å². The number of nitro benzene ring substituents is 1. The average Bonchev–Trinajstić information content (AvgIpc) is 3.24. The lowest BCUT2D eigenvalue weighted by atomic mass is 9.99. The maximum atomic E-state index is 12.2. The van der Waals surface area contributed by atoms with Crippen molar-refractivity contribution in [2.75, 3.05) is 0 Å². The zero-order chi connectivity index (χ0) is 19.2. The lowest BCUT2D eigenvalue weighted by Crippen LogP contribution is -2.30. The van der Waals surface area contributed by atoms with Crippen molar-refractivity contribution in [2.45, 2.75) is 11.7 Å². The first-order valence-corrected chi connectivity index (χ1v) is 9.53. The van der Waals surface area contributed by atoms with Gasteiger partial charge in [0.15, 0.2) is 0 Å². The van der Waals surface area contributed by atoms with Crippen LogP contribution in [0.2, 0.25) is 0 Å². The molecule has 1 aromatic heterocycles. The highest BCUT2D eigenvalue weighted by Gasteiger charge is 2.65. The van der Waals surface area contributed by atoms with Gasteiger partial charge < -0.3 is 10.5 Å². The summed E-state index contributed by atoms with van der Waals surface area (Å²) in [5.41, 5.74) is 6.53. The smallest absolute Gasteiger partial charge is 0.269 e. The van der Waals surface area contributed by atoms with Crippen LogP contribution in [0, 0.1) is 10.1 Å². The van der Waals surface area contributed by atoms with Gasteiger partial charge in [0.2, 0.25) is 5.60 Å². The van der Waals surface area contributed by atoms with Crippen molar-refractivity contribution in [3.8, 4) is 11.3 Å². The number of nitrogens with two attached hydrogens (primary N) is 1. The number of nitrogens with zero attached hydrogens (tertiary/aromatic N) is 2. The molecule has 0 unspecified atom stereocenters. The third kappa shape index (κ3) is 3.03. The lowest BCUT2D eigenvalue weighted by Gasteiger charge is -2.05. The van der Waals surface area contributed by atoms with Crippen molar-refractivity contribution in [3.63, 3.8) is 0 Å². The van der Waals surface area contributed by atoms with E-state index in [-0.39, 0.29) is 5.69 Å². The molecule has 2 heterocycles. The summed E-state index contributed by atoms with van der Waals surface area (Å²) in [5.74, 6) is -0.637. The Balaban J connectivity index is 1.65. The summed E-state index contributed by atoms with van der Waals surface area (Å²) in [6.07, 6.45) is -0.611. The Kier molecular flexibility index (Phi) is 4.29. The van der Waals surface area contributed by atoms with Gasteiger partial charge in [0.1, 0.15) is 11.1 Å². The number of carbonyl (C=O) groups excluding carboxylic acids is 1. The third-order valence-corrected chi connectivity index (χ3v) is 5.84. The molecule has 27 heavy (non-hydrogen) atoms. The Bertz CT molecular complexity index is 1040. The number of nitro groups is 1. The van der Waals surface area contributed by atoms with Crippen LogP contribution in [0.25, 0.3) is 11.3 Å². The summed E-state index contributed by atoms with van der Waals surface area (Å²) >= 11 is 4.69. The van der Waals surface area contributed by atoms with Gasteiger partial charge in [-0.1, -0.05) is 28.1 Å². The number of thiazole rings is 1. The molecule has 1 aliphatic heterocycles. The van der Waals surface area contributed by atoms with Crippen molar-refractivity contribution >= 4 is 38.9 Å². The predicted octanol–water partition coefficient (Wildman–Crippen LogP) is 3.93. The number of primary amides is 1. The van der Waals surface area contributed by atoms with Crippen LogP contribution >= 0.6 is 27.3 Å². The Hall–Kier alpha value is -2.62. The number of amides is 1. The van der Waals surface area contributed by atoms with E-state index in [1.807, 2.05) is 29.6 Å². The standard InChI is InChI=1S/C18H12BrN3O4S/c19-12-5-1-10(2-6-12)14-9-27-17(21-14)18(16(20)23)15(26-18)11-3-7-13(8-4-11)22(24)25/h1-9,15H,(H2,20,23)/t15-,18-/m0/s1. The van der Waals surface area contributed by atoms with Crippen LogP contribution in [0.15, 0.2) is 58.4 Å². The fraction of sp³-hybridized carbons (Fsp3) is 0.111. The molecule has 1 saturated heterocycles. The van der Waals surface area contributed by atoms with Crippen molar-refractivity contribution in [1.82, 2.24) is 4.98 Å². The van der Waals surface area contributed by atoms with Gasteiger partial charge in [0.25, 0.3) is 11.6 Å². The van der Waals surface area contributed by atoms with Crippen LogP contribution in [0.3, 0.4) is 0 Å². The van der Waals surface area contributed by atoms with Crippen LogP contribution in [0.4, 0.5) is 5.69 Å². The molecule has 2 atom stereocenters. The quantitative estimate of drug-likeness (QED) is 0.363. The molecule has 7 nitrogen and oxygen atoms in total. The monoisotopic (exact) mass is 445 g/mol. The minimum Gasteiger partial charge on any atom is -0.367 e. The van der Waals surface area contributed by atoms with Crippen LogP contribution in [-0.2, 0) is 15.1 Å². The van der Waals surface area contributed by atoms with Crippen molar-refractivity contribution in [2.24, 2.45) is 5.73 Å². The SMILES string of the molecule is NC(=O)[C@@]1(c2nc(-c3ccc(Br)cc3)cs2)O[C@H]1c1ccc([N+](=O)[O-])cc1. The number of halogens is 1. The number of hydrogen-bond donors (Lipinski definition) is 1. The summed E-state index contributed by atoms with van der Waals surface area (Å²) in [7, 11) is 0. The third-order valence-electron chi connectivity index (χ3n) is 4.35. The summed E-state index contributed by atoms with van der Waals surface area (Å²) < 4.78 is 6.66. The maximum Gasteiger partial charge on any atom is 0.269 e. The van der Waals surface area contributed by atoms with E-state index >= 15 is 0 Å². The normalized spacial score (nSPS) is 21.0. The molecule has 0 spiro atoms. The van der Waals surface area contributed by atoms with Gasteiger partial charge in [0, 0.05) is 27.5 Å². The maximum absolute atomic E-state index is 12.2. The van der Waals surface area contributed by atoms with Gasteiger partial charge in [-0.05, 0) is 29.8 Å². The fourth-order valence-corrected chi connectivity index (χ4v) is 4.14. The van der Waals surface area contributed by atoms with E-state index in [2.05, 4.69) is 20.9 Å². The van der Waals surface area contributed by atoms with Crippen LogP contribution in [-0.4, -0.2) is 15.8 Å². The second-order valence-electron chi connectivity index (χ2n) is 5.99. The lowest BCUT2D eigenvalue weighted by molar-refractivity contribution is -0.384. The second-order valence-corrected chi connectivity index (χ2v) is 7.77. The summed E-state index contributed by atoms with van der Waals surface area (Å²) in [5, 5.41) is 13.1. The minimum atomic E-state index is -1.34. The van der Waals surface area contributed by atoms with Crippen molar-refractivity contribution < 1.29 is 14.5 Å². The molecule has 4 rings (SSSR count). The van der Waals surface area contributed by atoms with E-state index < -0.39 is 22.5 Å². The number of epoxide rings is 1. The predicted molar refractivity (Wildman–Crippen MR) is 103 cm³/mol. The van der Waals surface area contributed by atoms with Gasteiger partial charge in [-0.2, -0.15) is 0 Å². The molecule has 2 N–H and O–H groups in total. The highest BCUT2D eigenvalue weighted by Crippen LogP contribution is 2.57. The number of hydrogen-bond acceptors (Lipinski definition) is 6. The largest absolute Gasteiger partial charge is 0.367 e. The Morgan fingerprint density at radius 2 is 1.89 bits per heavy atom. The molecule has 0 aliphatic carbocycles. The van der Waals surface area contributed by atoms with Crippen LogP contribution in [0.5, 0.6) is 0 Å². The van der Waals surface area contributed by atoms with Gasteiger partial charge >= 0.3 is 0 Å². The molecule has 9 heteroatoms. The Labute approximate surface area is 166 Å². The first-order chi connectivity index (χ1) is 12.9. The molecule has 136 valence electrons. The molecule has 0 radical (unpaired) electrons. The van der Waals surface area contributed by atoms with E-state index in [0.717, 1.165) is 15.7 Å². The number of benzene rings is 2. The zero-order valence-corrected chi connectivity index (χ0v) is 16.1. The molecular formula is C18H12BrN3O4S. The number of carbonyl (C=O) groups is 1. The number of rotatable bonds is 5. The number of ether oxygens (including phenoxy) is 1. The molecule has 1 amide bonds. The van der Waals surface area contributed by atoms with E-state index in [0.29, 0.717) is 10.6 Å².